The number of aromatic nitrogens is 3. The molecule has 0 bridgehead atoms. The Morgan fingerprint density at radius 3 is 2.58 bits per heavy atom. The van der Waals surface area contributed by atoms with Crippen LogP contribution in [0.15, 0.2) is 28.9 Å². The van der Waals surface area contributed by atoms with E-state index in [-0.39, 0.29) is 12.5 Å². The van der Waals surface area contributed by atoms with Gasteiger partial charge in [-0.3, -0.25) is 4.79 Å². The first-order valence-corrected chi connectivity index (χ1v) is 8.79. The largest absolute Gasteiger partial charge is 0.422 e. The van der Waals surface area contributed by atoms with Crippen molar-refractivity contribution >= 4 is 28.6 Å². The minimum Gasteiger partial charge on any atom is -0.422 e. The van der Waals surface area contributed by atoms with E-state index in [9.17, 15) is 4.79 Å². The molecular weight excluding hydrogens is 330 g/mol. The summed E-state index contributed by atoms with van der Waals surface area (Å²) in [5.74, 6) is 1.33. The van der Waals surface area contributed by atoms with Crippen molar-refractivity contribution in [2.45, 2.75) is 27.2 Å². The maximum atomic E-state index is 12.8. The van der Waals surface area contributed by atoms with Gasteiger partial charge in [0.05, 0.1) is 6.54 Å². The van der Waals surface area contributed by atoms with Crippen molar-refractivity contribution in [1.82, 2.24) is 15.0 Å². The fraction of sp³-hybridized carbons (Fsp3) is 0.368. The lowest BCUT2D eigenvalue weighted by atomic mass is 10.1. The van der Waals surface area contributed by atoms with Gasteiger partial charge in [0.2, 0.25) is 5.91 Å². The monoisotopic (exact) mass is 351 g/mol. The van der Waals surface area contributed by atoms with Gasteiger partial charge in [0.15, 0.2) is 17.2 Å². The molecular formula is C19H21N5O2. The summed E-state index contributed by atoms with van der Waals surface area (Å²) in [5, 5.41) is 0. The highest BCUT2D eigenvalue weighted by Crippen LogP contribution is 2.26. The van der Waals surface area contributed by atoms with Gasteiger partial charge in [-0.15, -0.1) is 0 Å². The van der Waals surface area contributed by atoms with Gasteiger partial charge in [0, 0.05) is 25.2 Å². The molecule has 1 aliphatic rings. The second-order valence-electron chi connectivity index (χ2n) is 6.63. The molecule has 3 aromatic rings. The summed E-state index contributed by atoms with van der Waals surface area (Å²) in [4.78, 5) is 29.6. The average Bonchev–Trinajstić information content (AvgIpc) is 3.04. The SMILES string of the molecule is CCc1nc2c(N3CCN(c4cc(C)cc(C)c4)C(=O)C3)ncnc2o1. The third kappa shape index (κ3) is 2.89. The number of carbonyl (C=O) groups is 1. The summed E-state index contributed by atoms with van der Waals surface area (Å²) in [6, 6.07) is 6.21. The molecule has 0 saturated carbocycles. The maximum Gasteiger partial charge on any atom is 0.252 e. The molecule has 1 aromatic carbocycles. The van der Waals surface area contributed by atoms with Crippen LogP contribution >= 0.6 is 0 Å². The predicted molar refractivity (Wildman–Crippen MR) is 99.5 cm³/mol. The fourth-order valence-electron chi connectivity index (χ4n) is 3.40. The minimum absolute atomic E-state index is 0.0484. The second-order valence-corrected chi connectivity index (χ2v) is 6.63. The number of hydrogen-bond donors (Lipinski definition) is 0. The lowest BCUT2D eigenvalue weighted by molar-refractivity contribution is -0.117. The summed E-state index contributed by atoms with van der Waals surface area (Å²) in [7, 11) is 0. The van der Waals surface area contributed by atoms with Gasteiger partial charge in [0.25, 0.3) is 5.71 Å². The molecule has 7 heteroatoms. The molecule has 0 unspecified atom stereocenters. The van der Waals surface area contributed by atoms with Crippen molar-refractivity contribution in [3.05, 3.63) is 41.5 Å². The summed E-state index contributed by atoms with van der Waals surface area (Å²) in [6.45, 7) is 7.61. The van der Waals surface area contributed by atoms with E-state index in [4.69, 9.17) is 4.42 Å². The lowest BCUT2D eigenvalue weighted by Crippen LogP contribution is -2.51. The van der Waals surface area contributed by atoms with Crippen molar-refractivity contribution < 1.29 is 9.21 Å². The number of piperazine rings is 1. The Morgan fingerprint density at radius 2 is 1.88 bits per heavy atom. The Hall–Kier alpha value is -2.96. The number of oxazole rings is 1. The van der Waals surface area contributed by atoms with E-state index in [1.54, 1.807) is 0 Å². The van der Waals surface area contributed by atoms with Crippen LogP contribution in [-0.2, 0) is 11.2 Å². The molecule has 1 fully saturated rings. The number of fused-ring (bicyclic) bond motifs is 1. The van der Waals surface area contributed by atoms with Gasteiger partial charge in [-0.25, -0.2) is 9.97 Å². The quantitative estimate of drug-likeness (QED) is 0.722. The average molecular weight is 351 g/mol. The van der Waals surface area contributed by atoms with Crippen LogP contribution < -0.4 is 9.80 Å². The fourth-order valence-corrected chi connectivity index (χ4v) is 3.40. The molecule has 134 valence electrons. The molecule has 0 aliphatic carbocycles. The molecule has 0 spiro atoms. The first-order valence-electron chi connectivity index (χ1n) is 8.79. The van der Waals surface area contributed by atoms with Crippen molar-refractivity contribution in [3.8, 4) is 0 Å². The summed E-state index contributed by atoms with van der Waals surface area (Å²) in [6.07, 6.45) is 2.15. The zero-order valence-corrected chi connectivity index (χ0v) is 15.2. The third-order valence-electron chi connectivity index (χ3n) is 4.56. The second kappa shape index (κ2) is 6.40. The predicted octanol–water partition coefficient (Wildman–Crippen LogP) is 2.65. The molecule has 0 N–H and O–H groups in total. The van der Waals surface area contributed by atoms with Crippen LogP contribution in [-0.4, -0.2) is 40.5 Å². The van der Waals surface area contributed by atoms with Gasteiger partial charge >= 0.3 is 0 Å². The normalized spacial score (nSPS) is 15.1. The van der Waals surface area contributed by atoms with Crippen LogP contribution in [0.2, 0.25) is 0 Å². The Labute approximate surface area is 151 Å². The minimum atomic E-state index is 0.0484. The standard InChI is InChI=1S/C19H21N5O2/c1-4-15-22-17-18(20-11-21-19(17)26-15)23-5-6-24(16(25)10-23)14-8-12(2)7-13(3)9-14/h7-9,11H,4-6,10H2,1-3H3. The first-order chi connectivity index (χ1) is 12.5. The maximum absolute atomic E-state index is 12.8. The van der Waals surface area contributed by atoms with Gasteiger partial charge in [-0.1, -0.05) is 13.0 Å². The highest BCUT2D eigenvalue weighted by atomic mass is 16.4. The number of carbonyl (C=O) groups excluding carboxylic acids is 1. The topological polar surface area (TPSA) is 75.4 Å². The Morgan fingerprint density at radius 1 is 1.12 bits per heavy atom. The molecule has 0 atom stereocenters. The molecule has 1 saturated heterocycles. The zero-order chi connectivity index (χ0) is 18.3. The molecule has 26 heavy (non-hydrogen) atoms. The van der Waals surface area contributed by atoms with E-state index in [1.165, 1.54) is 6.33 Å². The summed E-state index contributed by atoms with van der Waals surface area (Å²) >= 11 is 0. The highest BCUT2D eigenvalue weighted by Gasteiger charge is 2.28. The van der Waals surface area contributed by atoms with E-state index in [1.807, 2.05) is 30.6 Å². The summed E-state index contributed by atoms with van der Waals surface area (Å²) < 4.78 is 5.61. The number of anilines is 2. The zero-order valence-electron chi connectivity index (χ0n) is 15.2. The number of hydrogen-bond acceptors (Lipinski definition) is 6. The van der Waals surface area contributed by atoms with E-state index in [0.717, 1.165) is 16.8 Å². The van der Waals surface area contributed by atoms with E-state index in [2.05, 4.69) is 33.2 Å². The van der Waals surface area contributed by atoms with Crippen molar-refractivity contribution in [2.75, 3.05) is 29.4 Å². The van der Waals surface area contributed by atoms with Gasteiger partial charge in [-0.05, 0) is 37.1 Å². The van der Waals surface area contributed by atoms with Crippen LogP contribution in [0, 0.1) is 13.8 Å². The summed E-state index contributed by atoms with van der Waals surface area (Å²) in [5.41, 5.74) is 4.35. The first kappa shape index (κ1) is 16.5. The Kier molecular flexibility index (Phi) is 4.06. The molecule has 1 amide bonds. The number of aryl methyl sites for hydroxylation is 3. The smallest absolute Gasteiger partial charge is 0.252 e. The van der Waals surface area contributed by atoms with Crippen molar-refractivity contribution in [2.24, 2.45) is 0 Å². The molecule has 1 aliphatic heterocycles. The van der Waals surface area contributed by atoms with Gasteiger partial charge in [-0.2, -0.15) is 4.98 Å². The van der Waals surface area contributed by atoms with Gasteiger partial charge < -0.3 is 14.2 Å². The Balaban J connectivity index is 1.61. The molecule has 2 aromatic heterocycles. The molecule has 0 radical (unpaired) electrons. The van der Waals surface area contributed by atoms with Crippen LogP contribution in [0.5, 0.6) is 0 Å². The van der Waals surface area contributed by atoms with Crippen molar-refractivity contribution in [1.29, 1.82) is 0 Å². The van der Waals surface area contributed by atoms with Crippen LogP contribution in [0.25, 0.3) is 11.2 Å². The number of nitrogens with zero attached hydrogens (tertiary/aromatic N) is 5. The van der Waals surface area contributed by atoms with Crippen LogP contribution in [0.1, 0.15) is 23.9 Å². The molecule has 3 heterocycles. The van der Waals surface area contributed by atoms with Crippen LogP contribution in [0.3, 0.4) is 0 Å². The lowest BCUT2D eigenvalue weighted by Gasteiger charge is -2.35. The number of amides is 1. The van der Waals surface area contributed by atoms with Crippen LogP contribution in [0.4, 0.5) is 11.5 Å². The van der Waals surface area contributed by atoms with E-state index in [0.29, 0.717) is 42.4 Å². The number of rotatable bonds is 3. The van der Waals surface area contributed by atoms with Gasteiger partial charge in [0.1, 0.15) is 6.33 Å². The Bertz CT molecular complexity index is 961. The van der Waals surface area contributed by atoms with Crippen molar-refractivity contribution in [3.63, 3.8) is 0 Å². The molecule has 7 nitrogen and oxygen atoms in total. The highest BCUT2D eigenvalue weighted by molar-refractivity contribution is 5.98. The van der Waals surface area contributed by atoms with E-state index < -0.39 is 0 Å². The number of benzene rings is 1. The third-order valence-corrected chi connectivity index (χ3v) is 4.56. The van der Waals surface area contributed by atoms with E-state index >= 15 is 0 Å². The molecule has 4 rings (SSSR count).